The monoisotopic (exact) mass is 1380 g/mol. The van der Waals surface area contributed by atoms with Gasteiger partial charge in [-0.25, -0.2) is 9.13 Å². The molecule has 0 aromatic carbocycles. The van der Waals surface area contributed by atoms with Crippen molar-refractivity contribution in [3.8, 4) is 0 Å². The summed E-state index contributed by atoms with van der Waals surface area (Å²) >= 11 is 0. The summed E-state index contributed by atoms with van der Waals surface area (Å²) in [7, 11) is -9.92. The van der Waals surface area contributed by atoms with E-state index in [0.717, 1.165) is 134 Å². The summed E-state index contributed by atoms with van der Waals surface area (Å²) < 4.78 is 68.3. The number of ether oxygens (including phenoxy) is 4. The predicted octanol–water partition coefficient (Wildman–Crippen LogP) is 21.5. The molecule has 0 aliphatic heterocycles. The van der Waals surface area contributed by atoms with E-state index in [2.05, 4.69) is 65.8 Å². The van der Waals surface area contributed by atoms with Gasteiger partial charge >= 0.3 is 39.5 Å². The highest BCUT2D eigenvalue weighted by Gasteiger charge is 2.30. The maximum absolute atomic E-state index is 13.1. The van der Waals surface area contributed by atoms with Gasteiger partial charge in [0.05, 0.1) is 26.4 Å². The summed E-state index contributed by atoms with van der Waals surface area (Å²) in [4.78, 5) is 72.6. The van der Waals surface area contributed by atoms with Crippen LogP contribution in [0, 0.1) is 11.8 Å². The van der Waals surface area contributed by atoms with E-state index in [-0.39, 0.29) is 25.7 Å². The molecular weight excluding hydrogens is 1230 g/mol. The van der Waals surface area contributed by atoms with Crippen LogP contribution in [0.2, 0.25) is 0 Å². The Bertz CT molecular complexity index is 1920. The van der Waals surface area contributed by atoms with Gasteiger partial charge < -0.3 is 33.8 Å². The molecule has 0 saturated carbocycles. The number of unbranched alkanes of at least 4 members (excludes halogenated alkanes) is 38. The first-order valence-corrected chi connectivity index (χ1v) is 41.3. The number of aliphatic hydroxyl groups is 1. The standard InChI is InChI=1S/C75H142O17P2/c1-7-10-12-14-16-17-18-19-20-24-29-34-40-46-52-58-73(78)86-64-71(92-74(79)59-53-47-41-35-30-25-22-21-23-28-33-39-44-50-56-68(6)9-3)66-90-94(83,84)88-62-69(76)61-87-93(81,82)89-65-70(63-85-72(77)57-51-45-37-15-13-11-8-2)91-75(80)60-54-48-42-36-31-26-27-32-38-43-49-55-67(4)5/h17-20,67-71,76H,7-16,21-66H2,1-6H3,(H,81,82)(H,83,84)/b18-17-,20-19-/t68?,69-,70+,71+/m0/s1. The van der Waals surface area contributed by atoms with E-state index < -0.39 is 97.5 Å². The summed E-state index contributed by atoms with van der Waals surface area (Å²) in [5, 5.41) is 10.6. The minimum Gasteiger partial charge on any atom is -0.462 e. The van der Waals surface area contributed by atoms with Crippen molar-refractivity contribution in [1.82, 2.24) is 0 Å². The van der Waals surface area contributed by atoms with Crippen molar-refractivity contribution in [2.75, 3.05) is 39.6 Å². The van der Waals surface area contributed by atoms with Gasteiger partial charge in [0.25, 0.3) is 0 Å². The van der Waals surface area contributed by atoms with Crippen LogP contribution in [0.4, 0.5) is 0 Å². The average Bonchev–Trinajstić information content (AvgIpc) is 1.47. The largest absolute Gasteiger partial charge is 0.472 e. The van der Waals surface area contributed by atoms with E-state index >= 15 is 0 Å². The molecule has 0 saturated heterocycles. The van der Waals surface area contributed by atoms with Crippen LogP contribution in [0.25, 0.3) is 0 Å². The molecule has 0 bridgehead atoms. The number of phosphoric ester groups is 2. The fraction of sp³-hybridized carbons (Fsp3) is 0.893. The SMILES string of the molecule is CCCCCC/C=C\C=C/CCCCCCCC(=O)OC[C@H](COP(=O)(O)OC[C@@H](O)COP(=O)(O)OC[C@@H](COC(=O)CCCCCCCCC)OC(=O)CCCCCCCCCCCCCC(C)C)OC(=O)CCCCCCCCCCCCCCCCC(C)CC. The average molecular weight is 1380 g/mol. The molecule has 19 heteroatoms. The Hall–Kier alpha value is -2.46. The molecule has 0 rings (SSSR count). The number of carbonyl (C=O) groups excluding carboxylic acids is 4. The summed E-state index contributed by atoms with van der Waals surface area (Å²) in [6.45, 7) is 9.53. The van der Waals surface area contributed by atoms with Crippen LogP contribution in [0.15, 0.2) is 24.3 Å². The molecule has 0 heterocycles. The number of carbonyl (C=O) groups is 4. The first-order valence-electron chi connectivity index (χ1n) is 38.3. The maximum atomic E-state index is 13.1. The second-order valence-corrected chi connectivity index (χ2v) is 30.0. The lowest BCUT2D eigenvalue weighted by Gasteiger charge is -2.21. The smallest absolute Gasteiger partial charge is 0.462 e. The zero-order valence-electron chi connectivity index (χ0n) is 60.7. The van der Waals surface area contributed by atoms with E-state index in [1.165, 1.54) is 148 Å². The minimum atomic E-state index is -4.96. The molecular formula is C75H142O17P2. The lowest BCUT2D eigenvalue weighted by atomic mass is 9.99. The molecule has 3 unspecified atom stereocenters. The van der Waals surface area contributed by atoms with Crippen molar-refractivity contribution in [3.05, 3.63) is 24.3 Å². The topological polar surface area (TPSA) is 237 Å². The van der Waals surface area contributed by atoms with Crippen LogP contribution >= 0.6 is 15.6 Å². The van der Waals surface area contributed by atoms with E-state index in [0.29, 0.717) is 25.7 Å². The van der Waals surface area contributed by atoms with Gasteiger partial charge in [-0.2, -0.15) is 0 Å². The van der Waals surface area contributed by atoms with Gasteiger partial charge in [0, 0.05) is 25.7 Å². The van der Waals surface area contributed by atoms with Crippen LogP contribution in [0.1, 0.15) is 363 Å². The molecule has 0 aromatic rings. The minimum absolute atomic E-state index is 0.101. The summed E-state index contributed by atoms with van der Waals surface area (Å²) in [5.41, 5.74) is 0. The molecule has 0 radical (unpaired) electrons. The third-order valence-electron chi connectivity index (χ3n) is 17.2. The fourth-order valence-electron chi connectivity index (χ4n) is 10.9. The number of hydrogen-bond acceptors (Lipinski definition) is 15. The van der Waals surface area contributed by atoms with Gasteiger partial charge in [0.1, 0.15) is 19.3 Å². The van der Waals surface area contributed by atoms with Crippen molar-refractivity contribution in [2.45, 2.75) is 381 Å². The second-order valence-electron chi connectivity index (χ2n) is 27.1. The number of esters is 4. The van der Waals surface area contributed by atoms with E-state index in [1.807, 2.05) is 0 Å². The quantitative estimate of drug-likeness (QED) is 0.0169. The Morgan fingerprint density at radius 3 is 0.957 bits per heavy atom. The number of phosphoric acid groups is 2. The third kappa shape index (κ3) is 66.8. The lowest BCUT2D eigenvalue weighted by molar-refractivity contribution is -0.161. The Kier molecular flexibility index (Phi) is 64.7. The van der Waals surface area contributed by atoms with Crippen molar-refractivity contribution >= 4 is 39.5 Å². The molecule has 0 amide bonds. The number of aliphatic hydroxyl groups excluding tert-OH is 1. The van der Waals surface area contributed by atoms with Gasteiger partial charge in [-0.1, -0.05) is 310 Å². The molecule has 0 aliphatic rings. The molecule has 0 aromatic heterocycles. The van der Waals surface area contributed by atoms with Crippen molar-refractivity contribution in [3.63, 3.8) is 0 Å². The molecule has 0 spiro atoms. The highest BCUT2D eigenvalue weighted by molar-refractivity contribution is 7.47. The fourth-order valence-corrected chi connectivity index (χ4v) is 12.5. The van der Waals surface area contributed by atoms with E-state index in [4.69, 9.17) is 37.0 Å². The van der Waals surface area contributed by atoms with Crippen molar-refractivity contribution < 1.29 is 80.2 Å². The Balaban J connectivity index is 5.24. The first-order chi connectivity index (χ1) is 45.4. The van der Waals surface area contributed by atoms with Crippen molar-refractivity contribution in [1.29, 1.82) is 0 Å². The molecule has 17 nitrogen and oxygen atoms in total. The third-order valence-corrected chi connectivity index (χ3v) is 19.1. The van der Waals surface area contributed by atoms with Crippen LogP contribution in [-0.4, -0.2) is 96.7 Å². The molecule has 0 fully saturated rings. The second kappa shape index (κ2) is 66.4. The van der Waals surface area contributed by atoms with Gasteiger partial charge in [0.2, 0.25) is 0 Å². The maximum Gasteiger partial charge on any atom is 0.472 e. The molecule has 0 aliphatic carbocycles. The Morgan fingerprint density at radius 1 is 0.351 bits per heavy atom. The van der Waals surface area contributed by atoms with Gasteiger partial charge in [-0.3, -0.25) is 37.3 Å². The Morgan fingerprint density at radius 2 is 0.628 bits per heavy atom. The zero-order valence-corrected chi connectivity index (χ0v) is 62.5. The van der Waals surface area contributed by atoms with Gasteiger partial charge in [0.15, 0.2) is 12.2 Å². The van der Waals surface area contributed by atoms with Crippen molar-refractivity contribution in [2.24, 2.45) is 11.8 Å². The molecule has 554 valence electrons. The predicted molar refractivity (Wildman–Crippen MR) is 381 cm³/mol. The van der Waals surface area contributed by atoms with Gasteiger partial charge in [-0.05, 0) is 63.2 Å². The van der Waals surface area contributed by atoms with Crippen LogP contribution in [0.5, 0.6) is 0 Å². The number of rotatable bonds is 72. The van der Waals surface area contributed by atoms with Gasteiger partial charge in [-0.15, -0.1) is 0 Å². The van der Waals surface area contributed by atoms with Crippen LogP contribution in [-0.2, 0) is 65.4 Å². The highest BCUT2D eigenvalue weighted by Crippen LogP contribution is 2.45. The molecule has 6 atom stereocenters. The Labute approximate surface area is 573 Å². The zero-order chi connectivity index (χ0) is 69.3. The summed E-state index contributed by atoms with van der Waals surface area (Å²) in [6.07, 6.45) is 56.3. The number of hydrogen-bond donors (Lipinski definition) is 3. The van der Waals surface area contributed by atoms with Crippen LogP contribution in [0.3, 0.4) is 0 Å². The van der Waals surface area contributed by atoms with Crippen LogP contribution < -0.4 is 0 Å². The molecule has 3 N–H and O–H groups in total. The number of allylic oxidation sites excluding steroid dienone is 4. The lowest BCUT2D eigenvalue weighted by Crippen LogP contribution is -2.30. The summed E-state index contributed by atoms with van der Waals surface area (Å²) in [5.74, 6) is -0.544. The van der Waals surface area contributed by atoms with E-state index in [9.17, 15) is 43.2 Å². The summed E-state index contributed by atoms with van der Waals surface area (Å²) in [6, 6.07) is 0. The highest BCUT2D eigenvalue weighted by atomic mass is 31.2. The molecule has 94 heavy (non-hydrogen) atoms. The van der Waals surface area contributed by atoms with E-state index in [1.54, 1.807) is 0 Å². The first kappa shape index (κ1) is 91.5. The normalized spacial score (nSPS) is 14.5.